The number of oxime groups is 1. The minimum atomic E-state index is -1.22. The van der Waals surface area contributed by atoms with Gasteiger partial charge in [0.05, 0.1) is 6.26 Å². The molecule has 0 atom stereocenters. The summed E-state index contributed by atoms with van der Waals surface area (Å²) in [5, 5.41) is 14.3. The van der Waals surface area contributed by atoms with Crippen LogP contribution in [0.4, 0.5) is 5.88 Å². The number of furan rings is 1. The first-order valence-corrected chi connectivity index (χ1v) is 3.39. The number of nitrogens with zero attached hydrogens (tertiary/aromatic N) is 1. The molecular weight excluding hydrogens is 176 g/mol. The van der Waals surface area contributed by atoms with Crippen molar-refractivity contribution in [2.75, 3.05) is 12.4 Å². The van der Waals surface area contributed by atoms with Crippen molar-refractivity contribution >= 4 is 17.7 Å². The molecule has 6 nitrogen and oxygen atoms in total. The van der Waals surface area contributed by atoms with Crippen molar-refractivity contribution in [3.63, 3.8) is 0 Å². The van der Waals surface area contributed by atoms with Crippen LogP contribution in [0.1, 0.15) is 0 Å². The fraction of sp³-hybridized carbons (Fsp3) is 0.143. The summed E-state index contributed by atoms with van der Waals surface area (Å²) in [5.74, 6) is -1.27. The highest BCUT2D eigenvalue weighted by molar-refractivity contribution is 6.39. The Morgan fingerprint density at radius 2 is 2.54 bits per heavy atom. The quantitative estimate of drug-likeness (QED) is 0.402. The van der Waals surface area contributed by atoms with Gasteiger partial charge in [0.15, 0.2) is 5.88 Å². The van der Waals surface area contributed by atoms with Gasteiger partial charge in [0.2, 0.25) is 0 Å². The minimum absolute atomic E-state index is 0.290. The molecule has 13 heavy (non-hydrogen) atoms. The summed E-state index contributed by atoms with van der Waals surface area (Å²) >= 11 is 0. The molecule has 1 rings (SSSR count). The molecule has 1 heterocycles. The van der Waals surface area contributed by atoms with E-state index in [4.69, 9.17) is 9.52 Å². The second kappa shape index (κ2) is 4.15. The smallest absolute Gasteiger partial charge is 0.375 e. The Bertz CT molecular complexity index is 304. The van der Waals surface area contributed by atoms with E-state index >= 15 is 0 Å². The van der Waals surface area contributed by atoms with Crippen molar-refractivity contribution in [2.45, 2.75) is 0 Å². The molecule has 1 aromatic rings. The van der Waals surface area contributed by atoms with E-state index < -0.39 is 5.97 Å². The summed E-state index contributed by atoms with van der Waals surface area (Å²) in [6.45, 7) is 0. The van der Waals surface area contributed by atoms with Crippen LogP contribution < -0.4 is 5.32 Å². The molecule has 0 amide bonds. The van der Waals surface area contributed by atoms with E-state index in [-0.39, 0.29) is 5.84 Å². The monoisotopic (exact) mass is 184 g/mol. The van der Waals surface area contributed by atoms with Gasteiger partial charge in [0.25, 0.3) is 5.84 Å². The molecule has 0 aromatic carbocycles. The van der Waals surface area contributed by atoms with E-state index in [9.17, 15) is 4.79 Å². The van der Waals surface area contributed by atoms with E-state index in [2.05, 4.69) is 15.3 Å². The molecule has 1 aromatic heterocycles. The van der Waals surface area contributed by atoms with Crippen LogP contribution in [0, 0.1) is 0 Å². The van der Waals surface area contributed by atoms with E-state index in [1.54, 1.807) is 12.1 Å². The number of hydrogen-bond acceptors (Lipinski definition) is 4. The molecular formula is C7H8N2O4. The number of nitrogens with one attached hydrogen (secondary N) is 1. The Balaban J connectivity index is 2.69. The summed E-state index contributed by atoms with van der Waals surface area (Å²) in [5.41, 5.74) is 0. The van der Waals surface area contributed by atoms with Crippen LogP contribution >= 0.6 is 0 Å². The van der Waals surface area contributed by atoms with Gasteiger partial charge in [-0.05, 0) is 6.07 Å². The summed E-state index contributed by atoms with van der Waals surface area (Å²) < 4.78 is 4.85. The van der Waals surface area contributed by atoms with Crippen molar-refractivity contribution in [2.24, 2.45) is 5.16 Å². The zero-order valence-electron chi connectivity index (χ0n) is 6.85. The van der Waals surface area contributed by atoms with Crippen LogP contribution in [-0.4, -0.2) is 24.0 Å². The molecule has 0 saturated carbocycles. The Morgan fingerprint density at radius 3 is 3.00 bits per heavy atom. The molecule has 0 unspecified atom stereocenters. The number of carboxylic acid groups (broad SMARTS) is 1. The third kappa shape index (κ3) is 2.51. The standard InChI is InChI=1S/C7H8N2O4/c1-12-9-6(7(10)11)8-5-3-2-4-13-5/h2-4H,1H3,(H,8,9)(H,10,11). The lowest BCUT2D eigenvalue weighted by atomic mass is 10.5. The highest BCUT2D eigenvalue weighted by Crippen LogP contribution is 2.06. The fourth-order valence-electron chi connectivity index (χ4n) is 0.673. The molecule has 0 aliphatic heterocycles. The number of amidine groups is 1. The molecule has 0 spiro atoms. The molecule has 6 heteroatoms. The summed E-state index contributed by atoms with van der Waals surface area (Å²) in [6, 6.07) is 3.18. The van der Waals surface area contributed by atoms with Gasteiger partial charge in [0, 0.05) is 6.07 Å². The van der Waals surface area contributed by atoms with E-state index in [0.717, 1.165) is 0 Å². The number of aliphatic carboxylic acids is 1. The zero-order chi connectivity index (χ0) is 9.68. The van der Waals surface area contributed by atoms with E-state index in [1.807, 2.05) is 0 Å². The molecule has 0 bridgehead atoms. The summed E-state index contributed by atoms with van der Waals surface area (Å²) in [7, 11) is 1.26. The van der Waals surface area contributed by atoms with Crippen molar-refractivity contribution in [1.82, 2.24) is 0 Å². The first-order valence-electron chi connectivity index (χ1n) is 3.39. The average molecular weight is 184 g/mol. The number of rotatable bonds is 2. The van der Waals surface area contributed by atoms with Crippen molar-refractivity contribution < 1.29 is 19.2 Å². The first kappa shape index (κ1) is 9.11. The Morgan fingerprint density at radius 1 is 1.77 bits per heavy atom. The van der Waals surface area contributed by atoms with Gasteiger partial charge in [-0.3, -0.25) is 0 Å². The van der Waals surface area contributed by atoms with Crippen LogP contribution in [0.15, 0.2) is 28.0 Å². The first-order chi connectivity index (χ1) is 6.24. The Hall–Kier alpha value is -1.98. The normalized spacial score (nSPS) is 11.0. The van der Waals surface area contributed by atoms with Gasteiger partial charge in [-0.25, -0.2) is 4.79 Å². The average Bonchev–Trinajstić information content (AvgIpc) is 2.56. The molecule has 0 fully saturated rings. The third-order valence-corrected chi connectivity index (χ3v) is 1.15. The predicted octanol–water partition coefficient (Wildman–Crippen LogP) is 0.736. The van der Waals surface area contributed by atoms with Crippen LogP contribution in [0.5, 0.6) is 0 Å². The SMILES string of the molecule is CO/N=C(/Nc1ccco1)C(=O)O. The number of hydrogen-bond donors (Lipinski definition) is 2. The van der Waals surface area contributed by atoms with E-state index in [1.165, 1.54) is 13.4 Å². The van der Waals surface area contributed by atoms with Gasteiger partial charge >= 0.3 is 5.97 Å². The van der Waals surface area contributed by atoms with Gasteiger partial charge in [-0.2, -0.15) is 0 Å². The highest BCUT2D eigenvalue weighted by atomic mass is 16.6. The molecule has 70 valence electrons. The zero-order valence-corrected chi connectivity index (χ0v) is 6.85. The second-order valence-corrected chi connectivity index (χ2v) is 2.03. The van der Waals surface area contributed by atoms with Gasteiger partial charge in [-0.15, -0.1) is 0 Å². The van der Waals surface area contributed by atoms with Crippen LogP contribution in [0.25, 0.3) is 0 Å². The second-order valence-electron chi connectivity index (χ2n) is 2.03. The van der Waals surface area contributed by atoms with Gasteiger partial charge in [0.1, 0.15) is 7.11 Å². The maximum absolute atomic E-state index is 10.5. The van der Waals surface area contributed by atoms with Crippen molar-refractivity contribution in [3.8, 4) is 0 Å². The predicted molar refractivity (Wildman–Crippen MR) is 44.4 cm³/mol. The van der Waals surface area contributed by atoms with Crippen molar-refractivity contribution in [1.29, 1.82) is 0 Å². The van der Waals surface area contributed by atoms with Gasteiger partial charge < -0.3 is 19.7 Å². The molecule has 2 N–H and O–H groups in total. The van der Waals surface area contributed by atoms with Crippen LogP contribution in [0.2, 0.25) is 0 Å². The Labute approximate surface area is 73.8 Å². The lowest BCUT2D eigenvalue weighted by molar-refractivity contribution is -0.129. The molecule has 0 radical (unpaired) electrons. The summed E-state index contributed by atoms with van der Waals surface area (Å²) in [4.78, 5) is 14.8. The van der Waals surface area contributed by atoms with Crippen LogP contribution in [-0.2, 0) is 9.63 Å². The lowest BCUT2D eigenvalue weighted by Crippen LogP contribution is -2.22. The van der Waals surface area contributed by atoms with Gasteiger partial charge in [-0.1, -0.05) is 5.16 Å². The minimum Gasteiger partial charge on any atom is -0.475 e. The topological polar surface area (TPSA) is 84.1 Å². The lowest BCUT2D eigenvalue weighted by Gasteiger charge is -2.00. The largest absolute Gasteiger partial charge is 0.475 e. The van der Waals surface area contributed by atoms with Crippen LogP contribution in [0.3, 0.4) is 0 Å². The van der Waals surface area contributed by atoms with Crippen molar-refractivity contribution in [3.05, 3.63) is 18.4 Å². The summed E-state index contributed by atoms with van der Waals surface area (Å²) in [6.07, 6.45) is 1.41. The molecule has 0 saturated heterocycles. The number of carbonyl (C=O) groups is 1. The third-order valence-electron chi connectivity index (χ3n) is 1.15. The molecule has 0 aliphatic rings. The maximum atomic E-state index is 10.5. The number of carboxylic acids is 1. The fourth-order valence-corrected chi connectivity index (χ4v) is 0.673. The Kier molecular flexibility index (Phi) is 2.91. The highest BCUT2D eigenvalue weighted by Gasteiger charge is 2.11. The molecule has 0 aliphatic carbocycles. The maximum Gasteiger partial charge on any atom is 0.375 e. The van der Waals surface area contributed by atoms with E-state index in [0.29, 0.717) is 5.88 Å². The number of anilines is 1.